The molecule has 0 radical (unpaired) electrons. The molecule has 1 fully saturated rings. The van der Waals surface area contributed by atoms with E-state index in [-0.39, 0.29) is 35.1 Å². The van der Waals surface area contributed by atoms with E-state index >= 15 is 0 Å². The maximum Gasteiger partial charge on any atom is 0.230 e. The third-order valence-corrected chi connectivity index (χ3v) is 5.44. The third kappa shape index (κ3) is 7.66. The van der Waals surface area contributed by atoms with Crippen molar-refractivity contribution in [1.29, 1.82) is 0 Å². The van der Waals surface area contributed by atoms with Crippen LogP contribution in [0, 0.1) is 5.41 Å². The predicted octanol–water partition coefficient (Wildman–Crippen LogP) is 3.22. The Morgan fingerprint density at radius 3 is 2.59 bits per heavy atom. The molecular weight excluding hydrogens is 410 g/mol. The minimum atomic E-state index is -0.0604. The molecule has 29 heavy (non-hydrogen) atoms. The van der Waals surface area contributed by atoms with Crippen molar-refractivity contribution < 1.29 is 9.59 Å². The van der Waals surface area contributed by atoms with Crippen LogP contribution in [-0.4, -0.2) is 64.2 Å². The molecule has 0 aliphatic carbocycles. The molecule has 1 aromatic rings. The predicted molar refractivity (Wildman–Crippen MR) is 119 cm³/mol. The van der Waals surface area contributed by atoms with Gasteiger partial charge in [0.15, 0.2) is 5.16 Å². The lowest BCUT2D eigenvalue weighted by atomic mass is 9.91. The number of amides is 2. The zero-order chi connectivity index (χ0) is 21.8. The molecule has 2 heterocycles. The highest BCUT2D eigenvalue weighted by Crippen LogP contribution is 2.26. The molecule has 1 saturated heterocycles. The molecule has 0 saturated carbocycles. The van der Waals surface area contributed by atoms with Crippen LogP contribution in [-0.2, 0) is 9.59 Å². The van der Waals surface area contributed by atoms with Crippen LogP contribution in [0.2, 0.25) is 5.15 Å². The van der Waals surface area contributed by atoms with Gasteiger partial charge in [0.1, 0.15) is 11.0 Å². The average molecular weight is 442 g/mol. The van der Waals surface area contributed by atoms with Crippen molar-refractivity contribution in [2.24, 2.45) is 5.41 Å². The van der Waals surface area contributed by atoms with Crippen molar-refractivity contribution in [3.63, 3.8) is 0 Å². The Hall–Kier alpha value is -1.54. The number of hydrogen-bond donors (Lipinski definition) is 1. The van der Waals surface area contributed by atoms with E-state index < -0.39 is 0 Å². The number of halogens is 1. The molecule has 0 bridgehead atoms. The van der Waals surface area contributed by atoms with Crippen LogP contribution in [0.3, 0.4) is 0 Å². The van der Waals surface area contributed by atoms with Crippen LogP contribution >= 0.6 is 23.4 Å². The molecule has 0 spiro atoms. The molecular formula is C20H32ClN5O2S. The van der Waals surface area contributed by atoms with Gasteiger partial charge in [0, 0.05) is 44.2 Å². The van der Waals surface area contributed by atoms with Crippen molar-refractivity contribution in [2.75, 3.05) is 30.3 Å². The Balaban J connectivity index is 2.01. The van der Waals surface area contributed by atoms with E-state index in [0.717, 1.165) is 5.82 Å². The number of carbonyl (C=O) groups excluding carboxylic acids is 2. The Morgan fingerprint density at radius 1 is 1.31 bits per heavy atom. The molecule has 0 aromatic carbocycles. The largest absolute Gasteiger partial charge is 0.353 e. The molecule has 1 aliphatic rings. The van der Waals surface area contributed by atoms with Gasteiger partial charge in [-0.3, -0.25) is 9.59 Å². The molecule has 2 amide bonds. The van der Waals surface area contributed by atoms with E-state index in [1.807, 2.05) is 18.7 Å². The molecule has 9 heteroatoms. The van der Waals surface area contributed by atoms with Crippen LogP contribution in [0.5, 0.6) is 0 Å². The summed E-state index contributed by atoms with van der Waals surface area (Å²) < 4.78 is 0. The molecule has 162 valence electrons. The van der Waals surface area contributed by atoms with Crippen molar-refractivity contribution in [3.05, 3.63) is 11.2 Å². The third-order valence-electron chi connectivity index (χ3n) is 4.40. The molecule has 1 atom stereocenters. The summed E-state index contributed by atoms with van der Waals surface area (Å²) in [6.07, 6.45) is 0.538. The second kappa shape index (κ2) is 9.98. The molecule has 1 aromatic heterocycles. The van der Waals surface area contributed by atoms with E-state index in [1.165, 1.54) is 11.8 Å². The molecule has 1 unspecified atom stereocenters. The fourth-order valence-electron chi connectivity index (χ4n) is 3.20. The molecule has 1 aliphatic heterocycles. The minimum Gasteiger partial charge on any atom is -0.353 e. The summed E-state index contributed by atoms with van der Waals surface area (Å²) in [5, 5.41) is 3.67. The van der Waals surface area contributed by atoms with Gasteiger partial charge in [0.2, 0.25) is 11.8 Å². The Morgan fingerprint density at radius 2 is 2.00 bits per heavy atom. The van der Waals surface area contributed by atoms with Crippen LogP contribution in [0.25, 0.3) is 0 Å². The van der Waals surface area contributed by atoms with Crippen LogP contribution in [0.4, 0.5) is 5.82 Å². The van der Waals surface area contributed by atoms with E-state index in [4.69, 9.17) is 11.6 Å². The number of carbonyl (C=O) groups is 2. The summed E-state index contributed by atoms with van der Waals surface area (Å²) in [4.78, 5) is 37.4. The standard InChI is InChI=1S/C20H32ClN5O2S/c1-13(2)22-17(27)12-29-19-23-15(21)9-16(24-19)25-7-8-26(14(3)11-25)18(28)10-20(4,5)6/h9,13-14H,7-8,10-12H2,1-6H3,(H,22,27). The fourth-order valence-corrected chi connectivity index (χ4v) is 4.09. The maximum atomic E-state index is 12.6. The van der Waals surface area contributed by atoms with Gasteiger partial charge in [-0.1, -0.05) is 44.1 Å². The van der Waals surface area contributed by atoms with Gasteiger partial charge < -0.3 is 15.1 Å². The van der Waals surface area contributed by atoms with Crippen molar-refractivity contribution in [1.82, 2.24) is 20.2 Å². The van der Waals surface area contributed by atoms with Gasteiger partial charge >= 0.3 is 0 Å². The summed E-state index contributed by atoms with van der Waals surface area (Å²) in [6.45, 7) is 14.2. The first kappa shape index (κ1) is 23.7. The monoisotopic (exact) mass is 441 g/mol. The molecule has 2 rings (SSSR count). The number of aromatic nitrogens is 2. The summed E-state index contributed by atoms with van der Waals surface area (Å²) >= 11 is 7.47. The van der Waals surface area contributed by atoms with Gasteiger partial charge in [0.25, 0.3) is 0 Å². The first-order chi connectivity index (χ1) is 13.4. The number of nitrogens with zero attached hydrogens (tertiary/aromatic N) is 4. The lowest BCUT2D eigenvalue weighted by molar-refractivity contribution is -0.135. The Bertz CT molecular complexity index is 738. The first-order valence-corrected chi connectivity index (χ1v) is 11.3. The van der Waals surface area contributed by atoms with Crippen molar-refractivity contribution >= 4 is 41.0 Å². The zero-order valence-corrected chi connectivity index (χ0v) is 19.7. The lowest BCUT2D eigenvalue weighted by Gasteiger charge is -2.41. The van der Waals surface area contributed by atoms with Gasteiger partial charge in [-0.25, -0.2) is 9.97 Å². The summed E-state index contributed by atoms with van der Waals surface area (Å²) in [6, 6.07) is 1.91. The maximum absolute atomic E-state index is 12.6. The van der Waals surface area contributed by atoms with Crippen LogP contribution in [0.15, 0.2) is 11.2 Å². The summed E-state index contributed by atoms with van der Waals surface area (Å²) in [5.74, 6) is 1.10. The number of hydrogen-bond acceptors (Lipinski definition) is 6. The van der Waals surface area contributed by atoms with Crippen LogP contribution < -0.4 is 10.2 Å². The summed E-state index contributed by atoms with van der Waals surface area (Å²) in [7, 11) is 0. The SMILES string of the molecule is CC(C)NC(=O)CSc1nc(Cl)cc(N2CCN(C(=O)CC(C)(C)C)C(C)C2)n1. The number of rotatable bonds is 6. The lowest BCUT2D eigenvalue weighted by Crippen LogP contribution is -2.54. The van der Waals surface area contributed by atoms with Gasteiger partial charge in [0.05, 0.1) is 5.75 Å². The summed E-state index contributed by atoms with van der Waals surface area (Å²) in [5.41, 5.74) is -0.0257. The van der Waals surface area contributed by atoms with Crippen LogP contribution in [0.1, 0.15) is 48.0 Å². The normalized spacial score (nSPS) is 17.6. The highest BCUT2D eigenvalue weighted by atomic mass is 35.5. The van der Waals surface area contributed by atoms with E-state index in [2.05, 4.69) is 47.9 Å². The number of anilines is 1. The first-order valence-electron chi connectivity index (χ1n) is 9.96. The van der Waals surface area contributed by atoms with E-state index in [9.17, 15) is 9.59 Å². The highest BCUT2D eigenvalue weighted by molar-refractivity contribution is 7.99. The van der Waals surface area contributed by atoms with Crippen molar-refractivity contribution in [2.45, 2.75) is 65.2 Å². The highest BCUT2D eigenvalue weighted by Gasteiger charge is 2.30. The second-order valence-electron chi connectivity index (χ2n) is 8.96. The second-order valence-corrected chi connectivity index (χ2v) is 10.3. The van der Waals surface area contributed by atoms with Gasteiger partial charge in [-0.05, 0) is 26.2 Å². The quantitative estimate of drug-likeness (QED) is 0.415. The smallest absolute Gasteiger partial charge is 0.230 e. The molecule has 7 nitrogen and oxygen atoms in total. The van der Waals surface area contributed by atoms with Gasteiger partial charge in [-0.2, -0.15) is 0 Å². The number of nitrogens with one attached hydrogen (secondary N) is 1. The zero-order valence-electron chi connectivity index (χ0n) is 18.2. The fraction of sp³-hybridized carbons (Fsp3) is 0.700. The minimum absolute atomic E-state index is 0.0257. The van der Waals surface area contributed by atoms with Crippen molar-refractivity contribution in [3.8, 4) is 0 Å². The van der Waals surface area contributed by atoms with Gasteiger partial charge in [-0.15, -0.1) is 0 Å². The Kier molecular flexibility index (Phi) is 8.17. The van der Waals surface area contributed by atoms with E-state index in [1.54, 1.807) is 6.07 Å². The Labute approximate surface area is 183 Å². The number of thioether (sulfide) groups is 1. The number of piperazine rings is 1. The molecule has 1 N–H and O–H groups in total. The van der Waals surface area contributed by atoms with E-state index in [0.29, 0.717) is 36.4 Å². The average Bonchev–Trinajstić information content (AvgIpc) is 2.57. The topological polar surface area (TPSA) is 78.4 Å².